The minimum Gasteiger partial charge on any atom is -0.492 e. The largest absolute Gasteiger partial charge is 0.492 e. The molecule has 0 N–H and O–H groups in total. The summed E-state index contributed by atoms with van der Waals surface area (Å²) in [5, 5.41) is 0. The predicted octanol–water partition coefficient (Wildman–Crippen LogP) is 6.37. The van der Waals surface area contributed by atoms with Crippen molar-refractivity contribution >= 4 is 41.0 Å². The van der Waals surface area contributed by atoms with E-state index in [-0.39, 0.29) is 0 Å². The Morgan fingerprint density at radius 1 is 0.750 bits per heavy atom. The Bertz CT molecular complexity index is 1270. The summed E-state index contributed by atoms with van der Waals surface area (Å²) >= 11 is 12.0. The van der Waals surface area contributed by atoms with Gasteiger partial charge in [-0.15, -0.1) is 11.6 Å². The maximum absolute atomic E-state index is 6.21. The second-order valence-corrected chi connectivity index (χ2v) is 15.1. The zero-order chi connectivity index (χ0) is 28.0. The van der Waals surface area contributed by atoms with Gasteiger partial charge in [0.2, 0.25) is 0 Å². The van der Waals surface area contributed by atoms with E-state index in [4.69, 9.17) is 28.1 Å². The summed E-state index contributed by atoms with van der Waals surface area (Å²) in [6.07, 6.45) is 0.802. The first-order chi connectivity index (χ1) is 19.5. The van der Waals surface area contributed by atoms with E-state index < -0.39 is 6.49 Å². The van der Waals surface area contributed by atoms with Crippen molar-refractivity contribution in [3.63, 3.8) is 0 Å². The summed E-state index contributed by atoms with van der Waals surface area (Å²) in [5.74, 6) is 1.47. The molecule has 8 heteroatoms. The number of hydrogen-bond donors (Lipinski definition) is 0. The maximum atomic E-state index is 6.21. The molecule has 5 nitrogen and oxygen atoms in total. The van der Waals surface area contributed by atoms with Gasteiger partial charge >= 0.3 is 0 Å². The van der Waals surface area contributed by atoms with E-state index in [1.807, 2.05) is 26.2 Å². The molecular weight excluding hydrogens is 555 g/mol. The molecule has 6 rings (SSSR count). The summed E-state index contributed by atoms with van der Waals surface area (Å²) in [6.45, 7) is 7.83. The van der Waals surface area contributed by atoms with Gasteiger partial charge in [-0.2, -0.15) is 0 Å². The van der Waals surface area contributed by atoms with E-state index in [1.165, 1.54) is 67.1 Å². The highest BCUT2D eigenvalue weighted by Gasteiger charge is 2.50. The minimum atomic E-state index is -1.27. The summed E-state index contributed by atoms with van der Waals surface area (Å²) in [6, 6.07) is 29.4. The lowest BCUT2D eigenvalue weighted by atomic mass is 9.88. The van der Waals surface area contributed by atoms with Crippen molar-refractivity contribution < 1.29 is 4.74 Å². The number of halogens is 1. The Kier molecular flexibility index (Phi) is 10.1. The number of alkyl halides is 1. The Hall–Kier alpha value is -2.02. The fourth-order valence-corrected chi connectivity index (χ4v) is 9.35. The molecule has 3 aromatic carbocycles. The lowest BCUT2D eigenvalue weighted by Crippen LogP contribution is -2.19. The molecule has 0 atom stereocenters. The quantitative estimate of drug-likeness (QED) is 0.104. The van der Waals surface area contributed by atoms with Crippen LogP contribution < -0.4 is 4.74 Å². The number of ether oxygens (including phenoxy) is 1. The molecule has 0 aliphatic carbocycles. The number of likely N-dealkylation sites (N-methyl/N-ethyl adjacent to an activating group) is 1. The molecule has 212 valence electrons. The van der Waals surface area contributed by atoms with E-state index in [2.05, 4.69) is 91.7 Å². The fraction of sp³-hybridized carbons (Fsp3) is 0.375. The summed E-state index contributed by atoms with van der Waals surface area (Å²) in [4.78, 5) is 2.11. The van der Waals surface area contributed by atoms with Crippen LogP contribution in [0.2, 0.25) is 0 Å². The third-order valence-electron chi connectivity index (χ3n) is 7.16. The van der Waals surface area contributed by atoms with Crippen molar-refractivity contribution in [1.82, 2.24) is 18.9 Å². The van der Waals surface area contributed by atoms with Crippen LogP contribution in [0, 0.1) is 0 Å². The monoisotopic (exact) mass is 594 g/mol. The van der Waals surface area contributed by atoms with E-state index in [0.29, 0.717) is 12.5 Å². The maximum Gasteiger partial charge on any atom is 0.145 e. The van der Waals surface area contributed by atoms with Crippen LogP contribution >= 0.6 is 18.1 Å². The molecule has 3 aliphatic heterocycles. The van der Waals surface area contributed by atoms with Gasteiger partial charge in [-0.1, -0.05) is 72.8 Å². The third-order valence-corrected chi connectivity index (χ3v) is 12.8. The highest BCUT2D eigenvalue weighted by atomic mass is 35.5. The Morgan fingerprint density at radius 3 is 1.68 bits per heavy atom. The highest BCUT2D eigenvalue weighted by Crippen LogP contribution is 2.65. The van der Waals surface area contributed by atoms with Crippen LogP contribution in [-0.2, 0) is 11.8 Å². The Labute approximate surface area is 250 Å². The van der Waals surface area contributed by atoms with Crippen molar-refractivity contribution in [2.75, 3.05) is 72.4 Å². The fourth-order valence-electron chi connectivity index (χ4n) is 4.78. The van der Waals surface area contributed by atoms with Crippen LogP contribution in [0.1, 0.15) is 23.1 Å². The van der Waals surface area contributed by atoms with Crippen molar-refractivity contribution in [3.8, 4) is 5.75 Å². The van der Waals surface area contributed by atoms with Gasteiger partial charge in [-0.25, -0.2) is 14.0 Å². The van der Waals surface area contributed by atoms with E-state index in [9.17, 15) is 0 Å². The molecule has 40 heavy (non-hydrogen) atoms. The first kappa shape index (κ1) is 29.5. The van der Waals surface area contributed by atoms with Crippen LogP contribution in [-0.4, -0.2) is 91.3 Å². The molecule has 0 unspecified atom stereocenters. The molecule has 0 amide bonds. The molecule has 0 bridgehead atoms. The molecule has 3 fully saturated rings. The van der Waals surface area contributed by atoms with E-state index >= 15 is 0 Å². The second-order valence-electron chi connectivity index (χ2n) is 10.6. The third kappa shape index (κ3) is 7.63. The van der Waals surface area contributed by atoms with E-state index in [1.54, 1.807) is 0 Å². The lowest BCUT2D eigenvalue weighted by Gasteiger charge is -2.25. The van der Waals surface area contributed by atoms with Gasteiger partial charge in [0.05, 0.1) is 0 Å². The SMILES string of the molecule is CN(C)CCOc1ccc(/C(=C(/CCCl)c2ccccc2)c2ccccc2)cc1.S=P(N1CC1)(N1CC1)N1CC1. The van der Waals surface area contributed by atoms with Gasteiger partial charge < -0.3 is 9.64 Å². The molecule has 3 aliphatic rings. The molecular formula is C32H40ClN4OPS. The van der Waals surface area contributed by atoms with Crippen LogP contribution in [0.3, 0.4) is 0 Å². The Morgan fingerprint density at radius 2 is 1.23 bits per heavy atom. The number of benzene rings is 3. The van der Waals surface area contributed by atoms with Crippen LogP contribution in [0.15, 0.2) is 84.9 Å². The van der Waals surface area contributed by atoms with Gasteiger partial charge in [0.15, 0.2) is 0 Å². The summed E-state index contributed by atoms with van der Waals surface area (Å²) in [7, 11) is 4.09. The number of hydrogen-bond acceptors (Lipinski definition) is 3. The van der Waals surface area contributed by atoms with Crippen LogP contribution in [0.25, 0.3) is 11.1 Å². The first-order valence-corrected chi connectivity index (χ1v) is 17.3. The van der Waals surface area contributed by atoms with Crippen molar-refractivity contribution in [2.45, 2.75) is 6.42 Å². The van der Waals surface area contributed by atoms with Gasteiger partial charge in [0, 0.05) is 51.7 Å². The zero-order valence-corrected chi connectivity index (χ0v) is 26.1. The van der Waals surface area contributed by atoms with Crippen LogP contribution in [0.5, 0.6) is 5.75 Å². The number of nitrogens with zero attached hydrogens (tertiary/aromatic N) is 4. The summed E-state index contributed by atoms with van der Waals surface area (Å²) in [5.41, 5.74) is 6.04. The standard InChI is InChI=1S/C26H28ClNO.C6H12N3PS/c1-28(2)19-20-29-24-15-13-23(14-16-24)26(22-11-7-4-8-12-22)25(17-18-27)21-9-5-3-6-10-21;11-10(7-1-2-7,8-3-4-8)9-5-6-9/h3-16H,17-20H2,1-2H3;1-6H2/b26-25-;. The van der Waals surface area contributed by atoms with Gasteiger partial charge in [0.25, 0.3) is 0 Å². The highest BCUT2D eigenvalue weighted by molar-refractivity contribution is 8.11. The average Bonchev–Trinajstić information content (AvgIpc) is 3.82. The molecule has 0 spiro atoms. The van der Waals surface area contributed by atoms with Crippen LogP contribution in [0.4, 0.5) is 0 Å². The first-order valence-electron chi connectivity index (χ1n) is 14.1. The normalized spacial score (nSPS) is 17.6. The van der Waals surface area contributed by atoms with Gasteiger partial charge in [0.1, 0.15) is 18.8 Å². The molecule has 0 saturated carbocycles. The Balaban J connectivity index is 0.000000240. The molecule has 3 saturated heterocycles. The zero-order valence-electron chi connectivity index (χ0n) is 23.6. The molecule has 3 aromatic rings. The average molecular weight is 595 g/mol. The summed E-state index contributed by atoms with van der Waals surface area (Å²) < 4.78 is 13.3. The number of rotatable bonds is 12. The van der Waals surface area contributed by atoms with Crippen molar-refractivity contribution in [3.05, 3.63) is 102 Å². The topological polar surface area (TPSA) is 21.5 Å². The van der Waals surface area contributed by atoms with Crippen molar-refractivity contribution in [1.29, 1.82) is 0 Å². The lowest BCUT2D eigenvalue weighted by molar-refractivity contribution is 0.261. The predicted molar refractivity (Wildman–Crippen MR) is 174 cm³/mol. The smallest absolute Gasteiger partial charge is 0.145 e. The van der Waals surface area contributed by atoms with Gasteiger partial charge in [-0.3, -0.25) is 0 Å². The van der Waals surface area contributed by atoms with Crippen molar-refractivity contribution in [2.24, 2.45) is 0 Å². The number of allylic oxidation sites excluding steroid dienone is 1. The minimum absolute atomic E-state index is 0.576. The van der Waals surface area contributed by atoms with E-state index in [0.717, 1.165) is 18.7 Å². The van der Waals surface area contributed by atoms with Gasteiger partial charge in [-0.05, 0) is 72.3 Å². The second kappa shape index (κ2) is 13.8. The molecule has 3 heterocycles. The molecule has 0 aromatic heterocycles. The molecule has 0 radical (unpaired) electrons.